The number of halogens is 2. The van der Waals surface area contributed by atoms with Gasteiger partial charge in [-0.3, -0.25) is 4.99 Å². The van der Waals surface area contributed by atoms with Crippen molar-refractivity contribution in [2.75, 3.05) is 19.6 Å². The van der Waals surface area contributed by atoms with Crippen molar-refractivity contribution in [1.29, 1.82) is 0 Å². The van der Waals surface area contributed by atoms with Crippen LogP contribution in [0.25, 0.3) is 0 Å². The van der Waals surface area contributed by atoms with E-state index in [9.17, 15) is 8.78 Å². The van der Waals surface area contributed by atoms with E-state index in [1.54, 1.807) is 0 Å². The first-order valence-corrected chi connectivity index (χ1v) is 7.76. The summed E-state index contributed by atoms with van der Waals surface area (Å²) in [6, 6.07) is 7.45. The molecule has 0 unspecified atom stereocenters. The molecule has 0 bridgehead atoms. The van der Waals surface area contributed by atoms with E-state index in [2.05, 4.69) is 20.2 Å². The molecule has 0 fully saturated rings. The van der Waals surface area contributed by atoms with Gasteiger partial charge < -0.3 is 15.2 Å². The molecular formula is C17H22F2N4. The first-order valence-electron chi connectivity index (χ1n) is 7.76. The zero-order valence-corrected chi connectivity index (χ0v) is 13.2. The zero-order chi connectivity index (χ0) is 16.5. The van der Waals surface area contributed by atoms with Crippen molar-refractivity contribution in [3.63, 3.8) is 0 Å². The predicted molar refractivity (Wildman–Crippen MR) is 88.5 cm³/mol. The Labute approximate surface area is 135 Å². The van der Waals surface area contributed by atoms with Gasteiger partial charge in [-0.25, -0.2) is 8.78 Å². The molecule has 4 nitrogen and oxygen atoms in total. The van der Waals surface area contributed by atoms with Gasteiger partial charge in [0.25, 0.3) is 0 Å². The van der Waals surface area contributed by atoms with Gasteiger partial charge in [-0.15, -0.1) is 0 Å². The zero-order valence-electron chi connectivity index (χ0n) is 13.2. The number of guanidine groups is 1. The van der Waals surface area contributed by atoms with E-state index < -0.39 is 11.6 Å². The first-order chi connectivity index (χ1) is 11.2. The van der Waals surface area contributed by atoms with Crippen LogP contribution in [0.3, 0.4) is 0 Å². The van der Waals surface area contributed by atoms with Crippen LogP contribution in [0.2, 0.25) is 0 Å². The Kier molecular flexibility index (Phi) is 6.59. The number of benzene rings is 1. The fraction of sp³-hybridized carbons (Fsp3) is 0.353. The second-order valence-corrected chi connectivity index (χ2v) is 5.09. The summed E-state index contributed by atoms with van der Waals surface area (Å²) in [6.45, 7) is 4.67. The van der Waals surface area contributed by atoms with Crippen LogP contribution >= 0.6 is 0 Å². The van der Waals surface area contributed by atoms with Crippen molar-refractivity contribution in [2.45, 2.75) is 19.9 Å². The number of hydrogen-bond acceptors (Lipinski definition) is 1. The van der Waals surface area contributed by atoms with E-state index in [0.29, 0.717) is 24.5 Å². The van der Waals surface area contributed by atoms with Crippen LogP contribution in [0.15, 0.2) is 47.7 Å². The van der Waals surface area contributed by atoms with Crippen LogP contribution in [0, 0.1) is 11.6 Å². The Bertz CT molecular complexity index is 624. The molecule has 1 aromatic heterocycles. The second-order valence-electron chi connectivity index (χ2n) is 5.09. The van der Waals surface area contributed by atoms with Crippen molar-refractivity contribution in [3.8, 4) is 0 Å². The Balaban J connectivity index is 1.84. The highest BCUT2D eigenvalue weighted by Crippen LogP contribution is 2.10. The Hall–Kier alpha value is -2.37. The number of nitrogens with one attached hydrogen (secondary N) is 2. The van der Waals surface area contributed by atoms with Crippen LogP contribution in [0.1, 0.15) is 12.5 Å². The van der Waals surface area contributed by atoms with E-state index in [-0.39, 0.29) is 0 Å². The average Bonchev–Trinajstić information content (AvgIpc) is 3.04. The summed E-state index contributed by atoms with van der Waals surface area (Å²) in [6.07, 6.45) is 4.36. The minimum atomic E-state index is -0.429. The lowest BCUT2D eigenvalue weighted by molar-refractivity contribution is 0.585. The Morgan fingerprint density at radius 3 is 2.70 bits per heavy atom. The molecule has 0 aliphatic rings. The highest BCUT2D eigenvalue weighted by molar-refractivity contribution is 5.79. The van der Waals surface area contributed by atoms with E-state index in [1.807, 2.05) is 31.5 Å². The van der Waals surface area contributed by atoms with Crippen LogP contribution in [0.4, 0.5) is 8.78 Å². The van der Waals surface area contributed by atoms with Gasteiger partial charge in [0.05, 0.1) is 0 Å². The van der Waals surface area contributed by atoms with Gasteiger partial charge in [-0.1, -0.05) is 0 Å². The van der Waals surface area contributed by atoms with Crippen LogP contribution < -0.4 is 10.6 Å². The molecule has 124 valence electrons. The van der Waals surface area contributed by atoms with Gasteiger partial charge in [0.1, 0.15) is 11.6 Å². The van der Waals surface area contributed by atoms with Crippen molar-refractivity contribution in [1.82, 2.24) is 15.2 Å². The molecule has 2 aromatic rings. The number of rotatable bonds is 7. The highest BCUT2D eigenvalue weighted by Gasteiger charge is 2.04. The highest BCUT2D eigenvalue weighted by atomic mass is 19.1. The predicted octanol–water partition coefficient (Wildman–Crippen LogP) is 2.56. The largest absolute Gasteiger partial charge is 0.357 e. The molecule has 1 aromatic carbocycles. The third kappa shape index (κ3) is 5.73. The molecule has 6 heteroatoms. The molecule has 2 rings (SSSR count). The van der Waals surface area contributed by atoms with Crippen LogP contribution in [-0.2, 0) is 13.0 Å². The third-order valence-corrected chi connectivity index (χ3v) is 3.33. The lowest BCUT2D eigenvalue weighted by Gasteiger charge is -2.11. The molecule has 0 aliphatic carbocycles. The molecule has 23 heavy (non-hydrogen) atoms. The fourth-order valence-corrected chi connectivity index (χ4v) is 2.19. The summed E-state index contributed by atoms with van der Waals surface area (Å²) in [5, 5.41) is 6.36. The maximum atomic E-state index is 13.6. The molecule has 0 saturated heterocycles. The Morgan fingerprint density at radius 1 is 1.17 bits per heavy atom. The number of nitrogens with zero attached hydrogens (tertiary/aromatic N) is 2. The molecule has 0 amide bonds. The maximum Gasteiger partial charge on any atom is 0.191 e. The topological polar surface area (TPSA) is 41.4 Å². The van der Waals surface area contributed by atoms with Crippen LogP contribution in [0.5, 0.6) is 0 Å². The van der Waals surface area contributed by atoms with E-state index in [0.717, 1.165) is 31.8 Å². The average molecular weight is 320 g/mol. The SMILES string of the molecule is CCNC(=NCCc1cc(F)ccc1F)NCCn1cccc1. The summed E-state index contributed by atoms with van der Waals surface area (Å²) in [5.41, 5.74) is 0.344. The summed E-state index contributed by atoms with van der Waals surface area (Å²) in [4.78, 5) is 4.39. The lowest BCUT2D eigenvalue weighted by Crippen LogP contribution is -2.39. The van der Waals surface area contributed by atoms with Gasteiger partial charge >= 0.3 is 0 Å². The fourth-order valence-electron chi connectivity index (χ4n) is 2.19. The molecular weight excluding hydrogens is 298 g/mol. The Morgan fingerprint density at radius 2 is 1.96 bits per heavy atom. The summed E-state index contributed by atoms with van der Waals surface area (Å²) in [5.74, 6) is -0.147. The van der Waals surface area contributed by atoms with Crippen molar-refractivity contribution in [2.24, 2.45) is 4.99 Å². The lowest BCUT2D eigenvalue weighted by atomic mass is 10.1. The van der Waals surface area contributed by atoms with Crippen LogP contribution in [-0.4, -0.2) is 30.2 Å². The standard InChI is InChI=1S/C17H22F2N4/c1-2-20-17(22-9-12-23-10-3-4-11-23)21-8-7-14-13-15(18)5-6-16(14)19/h3-6,10-11,13H,2,7-9,12H2,1H3,(H2,20,21,22). The van der Waals surface area contributed by atoms with Crippen molar-refractivity contribution < 1.29 is 8.78 Å². The van der Waals surface area contributed by atoms with Gasteiger partial charge in [0.2, 0.25) is 0 Å². The molecule has 2 N–H and O–H groups in total. The molecule has 0 atom stereocenters. The minimum Gasteiger partial charge on any atom is -0.357 e. The maximum absolute atomic E-state index is 13.6. The minimum absolute atomic E-state index is 0.344. The normalized spacial score (nSPS) is 11.5. The number of aliphatic imine (C=N–C) groups is 1. The summed E-state index contributed by atoms with van der Waals surface area (Å²) in [7, 11) is 0. The molecule has 0 spiro atoms. The summed E-state index contributed by atoms with van der Waals surface area (Å²) >= 11 is 0. The van der Waals surface area contributed by atoms with Crippen molar-refractivity contribution >= 4 is 5.96 Å². The smallest absolute Gasteiger partial charge is 0.191 e. The van der Waals surface area contributed by atoms with E-state index in [1.165, 1.54) is 6.07 Å². The molecule has 0 aliphatic heterocycles. The quantitative estimate of drug-likeness (QED) is 0.608. The monoisotopic (exact) mass is 320 g/mol. The molecule has 0 radical (unpaired) electrons. The number of aromatic nitrogens is 1. The van der Waals surface area contributed by atoms with E-state index >= 15 is 0 Å². The molecule has 1 heterocycles. The third-order valence-electron chi connectivity index (χ3n) is 3.33. The first kappa shape index (κ1) is 17.0. The van der Waals surface area contributed by atoms with Gasteiger partial charge in [-0.05, 0) is 49.2 Å². The molecule has 0 saturated carbocycles. The van der Waals surface area contributed by atoms with Gasteiger partial charge in [0, 0.05) is 38.6 Å². The number of hydrogen-bond donors (Lipinski definition) is 2. The van der Waals surface area contributed by atoms with E-state index in [4.69, 9.17) is 0 Å². The van der Waals surface area contributed by atoms with Crippen molar-refractivity contribution in [3.05, 3.63) is 59.9 Å². The summed E-state index contributed by atoms with van der Waals surface area (Å²) < 4.78 is 28.7. The van der Waals surface area contributed by atoms with Gasteiger partial charge in [-0.2, -0.15) is 0 Å². The second kappa shape index (κ2) is 8.92. The van der Waals surface area contributed by atoms with Gasteiger partial charge in [0.15, 0.2) is 5.96 Å².